The average molecular weight is 470 g/mol. The van der Waals surface area contributed by atoms with Crippen LogP contribution in [0.1, 0.15) is 51.4 Å². The minimum atomic E-state index is -0.903. The van der Waals surface area contributed by atoms with Crippen LogP contribution in [0.3, 0.4) is 0 Å². The van der Waals surface area contributed by atoms with Gasteiger partial charge in [0, 0.05) is 13.1 Å². The van der Waals surface area contributed by atoms with E-state index in [9.17, 15) is 19.2 Å². The van der Waals surface area contributed by atoms with Crippen LogP contribution in [-0.4, -0.2) is 71.5 Å². The second-order valence-electron chi connectivity index (χ2n) is 9.59. The number of anilines is 1. The van der Waals surface area contributed by atoms with Gasteiger partial charge in [-0.25, -0.2) is 4.79 Å². The number of likely N-dealkylation sites (tertiary alicyclic amines) is 1. The Morgan fingerprint density at radius 3 is 2.50 bits per heavy atom. The van der Waals surface area contributed by atoms with Gasteiger partial charge in [-0.3, -0.25) is 19.8 Å². The van der Waals surface area contributed by atoms with E-state index >= 15 is 0 Å². The van der Waals surface area contributed by atoms with E-state index < -0.39 is 29.5 Å². The van der Waals surface area contributed by atoms with Gasteiger partial charge in [0.15, 0.2) is 6.10 Å². The summed E-state index contributed by atoms with van der Waals surface area (Å²) in [6, 6.07) is 6.67. The number of carbonyl (C=O) groups is 4. The monoisotopic (exact) mass is 469 g/mol. The van der Waals surface area contributed by atoms with E-state index in [-0.39, 0.29) is 19.0 Å². The standard InChI is InChI=1S/C24H31N5O5/c30-20(26-29-22(32)24(25-23(29)33)11-5-1-6-12-24)16-28-15-19(21(31)27-13-7-2-8-14-27)34-18-10-4-3-9-17(18)28/h3-4,9-10,19H,1-2,5-8,11-16H2,(H,25,33)(H,26,30). The van der Waals surface area contributed by atoms with Crippen molar-refractivity contribution in [3.05, 3.63) is 24.3 Å². The van der Waals surface area contributed by atoms with Crippen LogP contribution in [0, 0.1) is 0 Å². The van der Waals surface area contributed by atoms with Crippen LogP contribution < -0.4 is 20.4 Å². The number of benzene rings is 1. The Labute approximate surface area is 198 Å². The molecular formula is C24H31N5O5. The number of ether oxygens (including phenoxy) is 1. The molecule has 1 aromatic rings. The maximum atomic E-state index is 13.1. The highest BCUT2D eigenvalue weighted by Crippen LogP contribution is 2.34. The van der Waals surface area contributed by atoms with E-state index in [0.717, 1.165) is 56.6 Å². The number of hydrogen-bond acceptors (Lipinski definition) is 6. The molecule has 182 valence electrons. The van der Waals surface area contributed by atoms with Gasteiger partial charge in [-0.05, 0) is 44.2 Å². The quantitative estimate of drug-likeness (QED) is 0.648. The topological polar surface area (TPSA) is 111 Å². The predicted octanol–water partition coefficient (Wildman–Crippen LogP) is 1.55. The molecule has 34 heavy (non-hydrogen) atoms. The number of para-hydroxylation sites is 2. The summed E-state index contributed by atoms with van der Waals surface area (Å²) in [6.07, 6.45) is 6.29. The number of amides is 5. The van der Waals surface area contributed by atoms with Crippen molar-refractivity contribution in [3.63, 3.8) is 0 Å². The van der Waals surface area contributed by atoms with Gasteiger partial charge in [0.25, 0.3) is 17.7 Å². The molecule has 0 aromatic heterocycles. The van der Waals surface area contributed by atoms with Crippen LogP contribution in [0.25, 0.3) is 0 Å². The second kappa shape index (κ2) is 9.15. The highest BCUT2D eigenvalue weighted by Gasteiger charge is 2.52. The van der Waals surface area contributed by atoms with Crippen molar-refractivity contribution in [1.82, 2.24) is 20.7 Å². The average Bonchev–Trinajstić information content (AvgIpc) is 3.08. The highest BCUT2D eigenvalue weighted by molar-refractivity contribution is 6.08. The van der Waals surface area contributed by atoms with E-state index in [4.69, 9.17) is 4.74 Å². The number of fused-ring (bicyclic) bond motifs is 1. The Morgan fingerprint density at radius 2 is 1.74 bits per heavy atom. The Morgan fingerprint density at radius 1 is 1.03 bits per heavy atom. The van der Waals surface area contributed by atoms with Crippen molar-refractivity contribution in [1.29, 1.82) is 0 Å². The largest absolute Gasteiger partial charge is 0.477 e. The third kappa shape index (κ3) is 4.17. The van der Waals surface area contributed by atoms with Gasteiger partial charge in [-0.2, -0.15) is 5.01 Å². The van der Waals surface area contributed by atoms with Gasteiger partial charge < -0.3 is 19.9 Å². The molecule has 3 heterocycles. The summed E-state index contributed by atoms with van der Waals surface area (Å²) in [5, 5.41) is 3.61. The fourth-order valence-electron chi connectivity index (χ4n) is 5.45. The lowest BCUT2D eigenvalue weighted by Gasteiger charge is -2.38. The predicted molar refractivity (Wildman–Crippen MR) is 123 cm³/mol. The molecule has 10 nitrogen and oxygen atoms in total. The normalized spacial score (nSPS) is 23.9. The van der Waals surface area contributed by atoms with E-state index in [1.165, 1.54) is 0 Å². The molecule has 3 fully saturated rings. The lowest BCUT2D eigenvalue weighted by molar-refractivity contribution is -0.140. The molecule has 5 rings (SSSR count). The third-order valence-corrected chi connectivity index (χ3v) is 7.24. The molecule has 4 aliphatic rings. The van der Waals surface area contributed by atoms with Crippen molar-refractivity contribution in [2.45, 2.75) is 63.0 Å². The van der Waals surface area contributed by atoms with Crippen LogP contribution in [0.15, 0.2) is 24.3 Å². The lowest BCUT2D eigenvalue weighted by Crippen LogP contribution is -2.55. The van der Waals surface area contributed by atoms with Crippen LogP contribution in [0.4, 0.5) is 10.5 Å². The van der Waals surface area contributed by atoms with Crippen molar-refractivity contribution < 1.29 is 23.9 Å². The van der Waals surface area contributed by atoms with Crippen molar-refractivity contribution in [2.24, 2.45) is 0 Å². The molecule has 1 aliphatic carbocycles. The summed E-state index contributed by atoms with van der Waals surface area (Å²) < 4.78 is 6.01. The molecule has 0 bridgehead atoms. The molecule has 5 amide bonds. The number of imide groups is 1. The van der Waals surface area contributed by atoms with Crippen molar-refractivity contribution in [2.75, 3.05) is 31.1 Å². The van der Waals surface area contributed by atoms with Gasteiger partial charge in [0.2, 0.25) is 0 Å². The molecule has 2 N–H and O–H groups in total. The summed E-state index contributed by atoms with van der Waals surface area (Å²) in [6.45, 7) is 1.53. The minimum absolute atomic E-state index is 0.0760. The summed E-state index contributed by atoms with van der Waals surface area (Å²) >= 11 is 0. The maximum absolute atomic E-state index is 13.1. The molecule has 0 radical (unpaired) electrons. The number of rotatable bonds is 4. The minimum Gasteiger partial charge on any atom is -0.477 e. The fourth-order valence-corrected chi connectivity index (χ4v) is 5.45. The Bertz CT molecular complexity index is 986. The first-order valence-corrected chi connectivity index (χ1v) is 12.2. The van der Waals surface area contributed by atoms with Crippen LogP contribution >= 0.6 is 0 Å². The van der Waals surface area contributed by atoms with Gasteiger partial charge in [-0.15, -0.1) is 0 Å². The number of nitrogens with one attached hydrogen (secondary N) is 2. The van der Waals surface area contributed by atoms with Crippen LogP contribution in [0.2, 0.25) is 0 Å². The number of nitrogens with zero attached hydrogens (tertiary/aromatic N) is 3. The fraction of sp³-hybridized carbons (Fsp3) is 0.583. The Hall–Kier alpha value is -3.30. The van der Waals surface area contributed by atoms with Gasteiger partial charge >= 0.3 is 6.03 Å². The molecule has 3 aliphatic heterocycles. The zero-order chi connectivity index (χ0) is 23.7. The third-order valence-electron chi connectivity index (χ3n) is 7.24. The lowest BCUT2D eigenvalue weighted by atomic mass is 9.82. The summed E-state index contributed by atoms with van der Waals surface area (Å²) in [4.78, 5) is 55.1. The molecule has 1 spiro atoms. The molecule has 1 unspecified atom stereocenters. The molecular weight excluding hydrogens is 438 g/mol. The van der Waals surface area contributed by atoms with Crippen LogP contribution in [-0.2, 0) is 14.4 Å². The molecule has 2 saturated heterocycles. The maximum Gasteiger partial charge on any atom is 0.344 e. The molecule has 1 saturated carbocycles. The van der Waals surface area contributed by atoms with Gasteiger partial charge in [0.1, 0.15) is 11.3 Å². The Balaban J connectivity index is 1.28. The first kappa shape index (κ1) is 22.5. The molecule has 1 aromatic carbocycles. The zero-order valence-electron chi connectivity index (χ0n) is 19.3. The van der Waals surface area contributed by atoms with Gasteiger partial charge in [0.05, 0.1) is 18.8 Å². The summed E-state index contributed by atoms with van der Waals surface area (Å²) in [5.41, 5.74) is 2.28. The van der Waals surface area contributed by atoms with Crippen molar-refractivity contribution in [3.8, 4) is 5.75 Å². The van der Waals surface area contributed by atoms with E-state index in [1.54, 1.807) is 11.0 Å². The Kier molecular flexibility index (Phi) is 6.05. The number of piperidine rings is 1. The summed E-state index contributed by atoms with van der Waals surface area (Å²) in [7, 11) is 0. The van der Waals surface area contributed by atoms with Crippen LogP contribution in [0.5, 0.6) is 5.75 Å². The molecule has 1 atom stereocenters. The smallest absolute Gasteiger partial charge is 0.344 e. The SMILES string of the molecule is O=C(CN1CC(C(=O)N2CCCCC2)Oc2ccccc21)NN1C(=O)NC2(CCCCC2)C1=O. The van der Waals surface area contributed by atoms with Gasteiger partial charge in [-0.1, -0.05) is 31.4 Å². The second-order valence-corrected chi connectivity index (χ2v) is 9.59. The molecule has 10 heteroatoms. The number of hydrogen-bond donors (Lipinski definition) is 2. The van der Waals surface area contributed by atoms with E-state index in [0.29, 0.717) is 24.3 Å². The first-order valence-electron chi connectivity index (χ1n) is 12.2. The first-order chi connectivity index (χ1) is 16.5. The van der Waals surface area contributed by atoms with E-state index in [2.05, 4.69) is 10.7 Å². The van der Waals surface area contributed by atoms with E-state index in [1.807, 2.05) is 23.1 Å². The highest BCUT2D eigenvalue weighted by atomic mass is 16.5. The number of carbonyl (C=O) groups excluding carboxylic acids is 4. The zero-order valence-corrected chi connectivity index (χ0v) is 19.3. The van der Waals surface area contributed by atoms with Crippen molar-refractivity contribution >= 4 is 29.4 Å². The number of urea groups is 1. The number of hydrazine groups is 1. The summed E-state index contributed by atoms with van der Waals surface area (Å²) in [5.74, 6) is -0.440.